The highest BCUT2D eigenvalue weighted by molar-refractivity contribution is 7.07. The van der Waals surface area contributed by atoms with Crippen molar-refractivity contribution in [3.05, 3.63) is 79.7 Å². The molecule has 8 heteroatoms. The fourth-order valence-electron chi connectivity index (χ4n) is 2.61. The Kier molecular flexibility index (Phi) is 5.27. The zero-order chi connectivity index (χ0) is 19.6. The van der Waals surface area contributed by atoms with Gasteiger partial charge >= 0.3 is 0 Å². The third-order valence-corrected chi connectivity index (χ3v) is 5.00. The van der Waals surface area contributed by atoms with Gasteiger partial charge in [0.05, 0.1) is 16.3 Å². The van der Waals surface area contributed by atoms with Gasteiger partial charge in [-0.05, 0) is 38.1 Å². The van der Waals surface area contributed by atoms with E-state index in [1.165, 1.54) is 29.5 Å². The minimum atomic E-state index is -0.402. The summed E-state index contributed by atoms with van der Waals surface area (Å²) in [5, 5.41) is 17.7. The molecule has 0 saturated heterocycles. The molecule has 0 radical (unpaired) electrons. The second-order valence-electron chi connectivity index (χ2n) is 5.89. The summed E-state index contributed by atoms with van der Waals surface area (Å²) in [5.41, 5.74) is 3.47. The van der Waals surface area contributed by atoms with Crippen molar-refractivity contribution in [3.8, 4) is 11.3 Å². The molecule has 0 saturated carbocycles. The lowest BCUT2D eigenvalue weighted by Gasteiger charge is -2.07. The molecule has 0 aliphatic carbocycles. The topological polar surface area (TPSA) is 72.8 Å². The standard InChI is InChI=1S/C19H17FN4O2S/c1-12-4-5-15(10-17(12)24(25)26)13(2)22-23-18(11-27-19(23)21-3)14-6-8-16(20)9-7-14/h4-11H,1-3H3. The molecular formula is C19H17FN4O2S. The van der Waals surface area contributed by atoms with E-state index in [4.69, 9.17) is 0 Å². The van der Waals surface area contributed by atoms with Gasteiger partial charge in [0.2, 0.25) is 4.80 Å². The van der Waals surface area contributed by atoms with Crippen LogP contribution in [0, 0.1) is 22.9 Å². The maximum Gasteiger partial charge on any atom is 0.272 e. The van der Waals surface area contributed by atoms with Gasteiger partial charge in [0, 0.05) is 35.2 Å². The van der Waals surface area contributed by atoms with Gasteiger partial charge in [-0.3, -0.25) is 15.1 Å². The van der Waals surface area contributed by atoms with Gasteiger partial charge < -0.3 is 0 Å². The molecule has 0 N–H and O–H groups in total. The average molecular weight is 384 g/mol. The van der Waals surface area contributed by atoms with Crippen LogP contribution in [0.4, 0.5) is 10.1 Å². The number of aryl methyl sites for hydroxylation is 1. The van der Waals surface area contributed by atoms with Gasteiger partial charge in [0.1, 0.15) is 5.82 Å². The minimum absolute atomic E-state index is 0.0523. The second-order valence-corrected chi connectivity index (χ2v) is 6.73. The third kappa shape index (κ3) is 3.85. The summed E-state index contributed by atoms with van der Waals surface area (Å²) in [6.45, 7) is 3.48. The molecule has 6 nitrogen and oxygen atoms in total. The number of hydrogen-bond donors (Lipinski definition) is 0. The molecule has 0 amide bonds. The normalized spacial score (nSPS) is 12.4. The monoisotopic (exact) mass is 384 g/mol. The molecule has 0 atom stereocenters. The number of nitro groups is 1. The van der Waals surface area contributed by atoms with E-state index in [0.29, 0.717) is 21.6 Å². The Morgan fingerprint density at radius 3 is 2.56 bits per heavy atom. The molecule has 3 rings (SSSR count). The lowest BCUT2D eigenvalue weighted by Crippen LogP contribution is -2.14. The Morgan fingerprint density at radius 2 is 1.93 bits per heavy atom. The molecule has 0 unspecified atom stereocenters. The van der Waals surface area contributed by atoms with E-state index >= 15 is 0 Å². The summed E-state index contributed by atoms with van der Waals surface area (Å²) in [7, 11) is 1.67. The Bertz CT molecular complexity index is 1100. The molecule has 2 aromatic carbocycles. The number of hydrogen-bond acceptors (Lipinski definition) is 5. The Hall–Kier alpha value is -3.13. The summed E-state index contributed by atoms with van der Waals surface area (Å²) in [5.74, 6) is -0.312. The molecule has 138 valence electrons. The van der Waals surface area contributed by atoms with Crippen molar-refractivity contribution >= 4 is 22.7 Å². The van der Waals surface area contributed by atoms with E-state index < -0.39 is 4.92 Å². The maximum absolute atomic E-state index is 13.2. The number of aromatic nitrogens is 1. The van der Waals surface area contributed by atoms with Gasteiger partial charge in [-0.25, -0.2) is 9.07 Å². The Morgan fingerprint density at radius 1 is 1.22 bits per heavy atom. The number of rotatable bonds is 4. The predicted molar refractivity (Wildman–Crippen MR) is 105 cm³/mol. The van der Waals surface area contributed by atoms with Gasteiger partial charge in [-0.2, -0.15) is 5.10 Å². The number of benzene rings is 2. The maximum atomic E-state index is 13.2. The van der Waals surface area contributed by atoms with E-state index in [2.05, 4.69) is 10.1 Å². The van der Waals surface area contributed by atoms with Crippen LogP contribution >= 0.6 is 11.3 Å². The van der Waals surface area contributed by atoms with Crippen LogP contribution in [0.1, 0.15) is 18.1 Å². The van der Waals surface area contributed by atoms with E-state index in [1.807, 2.05) is 5.38 Å². The highest BCUT2D eigenvalue weighted by atomic mass is 32.1. The first kappa shape index (κ1) is 18.7. The van der Waals surface area contributed by atoms with Crippen LogP contribution in [0.2, 0.25) is 0 Å². The zero-order valence-corrected chi connectivity index (χ0v) is 15.8. The molecule has 0 fully saturated rings. The molecular weight excluding hydrogens is 367 g/mol. The lowest BCUT2D eigenvalue weighted by molar-refractivity contribution is -0.385. The van der Waals surface area contributed by atoms with Crippen LogP contribution < -0.4 is 4.80 Å². The average Bonchev–Trinajstić information content (AvgIpc) is 3.05. The van der Waals surface area contributed by atoms with Crippen LogP contribution in [0.5, 0.6) is 0 Å². The van der Waals surface area contributed by atoms with Crippen molar-refractivity contribution in [1.82, 2.24) is 4.68 Å². The Balaban J connectivity index is 2.11. The number of nitrogens with zero attached hydrogens (tertiary/aromatic N) is 4. The van der Waals surface area contributed by atoms with Crippen LogP contribution in [0.3, 0.4) is 0 Å². The first-order valence-corrected chi connectivity index (χ1v) is 8.99. The highest BCUT2D eigenvalue weighted by Crippen LogP contribution is 2.22. The second kappa shape index (κ2) is 7.63. The highest BCUT2D eigenvalue weighted by Gasteiger charge is 2.13. The van der Waals surface area contributed by atoms with Gasteiger partial charge in [-0.1, -0.05) is 12.1 Å². The van der Waals surface area contributed by atoms with E-state index in [9.17, 15) is 14.5 Å². The molecule has 27 heavy (non-hydrogen) atoms. The first-order chi connectivity index (χ1) is 12.9. The summed E-state index contributed by atoms with van der Waals surface area (Å²) in [6, 6.07) is 11.1. The van der Waals surface area contributed by atoms with Crippen LogP contribution in [-0.4, -0.2) is 22.4 Å². The minimum Gasteiger partial charge on any atom is -0.261 e. The molecule has 0 aliphatic heterocycles. The van der Waals surface area contributed by atoms with Crippen molar-refractivity contribution in [3.63, 3.8) is 0 Å². The van der Waals surface area contributed by atoms with Crippen molar-refractivity contribution in [2.45, 2.75) is 13.8 Å². The van der Waals surface area contributed by atoms with E-state index in [1.54, 1.807) is 49.8 Å². The third-order valence-electron chi connectivity index (χ3n) is 4.09. The van der Waals surface area contributed by atoms with Crippen LogP contribution in [0.25, 0.3) is 11.3 Å². The number of thiazole rings is 1. The Labute approximate surface area is 159 Å². The van der Waals surface area contributed by atoms with Gasteiger partial charge in [-0.15, -0.1) is 11.3 Å². The van der Waals surface area contributed by atoms with E-state index in [0.717, 1.165) is 11.3 Å². The molecule has 1 heterocycles. The number of halogens is 1. The fraction of sp³-hybridized carbons (Fsp3) is 0.158. The van der Waals surface area contributed by atoms with Crippen molar-refractivity contribution in [2.24, 2.45) is 10.1 Å². The van der Waals surface area contributed by atoms with Crippen LogP contribution in [0.15, 0.2) is 57.9 Å². The summed E-state index contributed by atoms with van der Waals surface area (Å²) >= 11 is 1.41. The summed E-state index contributed by atoms with van der Waals surface area (Å²) < 4.78 is 14.9. The SMILES string of the molecule is CN=c1scc(-c2ccc(F)cc2)n1N=C(C)c1ccc(C)c([N+](=O)[O-])c1. The molecule has 3 aromatic rings. The lowest BCUT2D eigenvalue weighted by atomic mass is 10.1. The smallest absolute Gasteiger partial charge is 0.261 e. The fourth-order valence-corrected chi connectivity index (χ4v) is 3.40. The van der Waals surface area contributed by atoms with Gasteiger partial charge in [0.25, 0.3) is 5.69 Å². The molecule has 0 bridgehead atoms. The summed E-state index contributed by atoms with van der Waals surface area (Å²) in [6.07, 6.45) is 0. The number of nitro benzene ring substituents is 1. The first-order valence-electron chi connectivity index (χ1n) is 8.11. The summed E-state index contributed by atoms with van der Waals surface area (Å²) in [4.78, 5) is 15.7. The van der Waals surface area contributed by atoms with E-state index in [-0.39, 0.29) is 11.5 Å². The predicted octanol–water partition coefficient (Wildman–Crippen LogP) is 4.38. The molecule has 1 aromatic heterocycles. The van der Waals surface area contributed by atoms with Crippen molar-refractivity contribution in [2.75, 3.05) is 7.05 Å². The molecule has 0 aliphatic rings. The largest absolute Gasteiger partial charge is 0.272 e. The van der Waals surface area contributed by atoms with Crippen molar-refractivity contribution < 1.29 is 9.31 Å². The van der Waals surface area contributed by atoms with Gasteiger partial charge in [0.15, 0.2) is 0 Å². The zero-order valence-electron chi connectivity index (χ0n) is 15.0. The van der Waals surface area contributed by atoms with Crippen LogP contribution in [-0.2, 0) is 0 Å². The quantitative estimate of drug-likeness (QED) is 0.380. The van der Waals surface area contributed by atoms with Crippen molar-refractivity contribution in [1.29, 1.82) is 0 Å². The molecule has 0 spiro atoms.